The summed E-state index contributed by atoms with van der Waals surface area (Å²) in [7, 11) is 0. The highest BCUT2D eigenvalue weighted by Gasteiger charge is 2.25. The van der Waals surface area contributed by atoms with Crippen LogP contribution in [0.2, 0.25) is 0 Å². The van der Waals surface area contributed by atoms with Gasteiger partial charge >= 0.3 is 0 Å². The van der Waals surface area contributed by atoms with Gasteiger partial charge in [-0.3, -0.25) is 14.2 Å². The van der Waals surface area contributed by atoms with Gasteiger partial charge in [-0.1, -0.05) is 42.1 Å². The lowest BCUT2D eigenvalue weighted by Crippen LogP contribution is -2.30. The first kappa shape index (κ1) is 21.7. The lowest BCUT2D eigenvalue weighted by molar-refractivity contribution is -0.118. The highest BCUT2D eigenvalue weighted by Crippen LogP contribution is 2.35. The zero-order valence-electron chi connectivity index (χ0n) is 18.0. The van der Waals surface area contributed by atoms with Crippen LogP contribution in [0.25, 0.3) is 10.2 Å². The molecule has 0 spiro atoms. The molecule has 2 aromatic heterocycles. The molecule has 1 N–H and O–H groups in total. The summed E-state index contributed by atoms with van der Waals surface area (Å²) in [5.41, 5.74) is 2.29. The van der Waals surface area contributed by atoms with Crippen molar-refractivity contribution in [3.63, 3.8) is 0 Å². The van der Waals surface area contributed by atoms with Crippen LogP contribution in [-0.2, 0) is 35.5 Å². The zero-order valence-corrected chi connectivity index (χ0v) is 19.6. The van der Waals surface area contributed by atoms with Crippen molar-refractivity contribution in [2.75, 3.05) is 12.4 Å². The van der Waals surface area contributed by atoms with Gasteiger partial charge in [0.2, 0.25) is 5.91 Å². The van der Waals surface area contributed by atoms with Crippen molar-refractivity contribution in [1.82, 2.24) is 14.9 Å². The first-order valence-corrected chi connectivity index (χ1v) is 13.1. The molecule has 3 aromatic rings. The molecule has 1 aliphatic heterocycles. The van der Waals surface area contributed by atoms with E-state index >= 15 is 0 Å². The van der Waals surface area contributed by atoms with Crippen molar-refractivity contribution in [2.45, 2.75) is 62.9 Å². The van der Waals surface area contributed by atoms with Crippen molar-refractivity contribution < 1.29 is 9.53 Å². The average molecular weight is 470 g/mol. The average Bonchev–Trinajstić information content (AvgIpc) is 3.46. The quantitative estimate of drug-likeness (QED) is 0.419. The Morgan fingerprint density at radius 1 is 1.22 bits per heavy atom. The number of hydrogen-bond acceptors (Lipinski definition) is 6. The molecule has 1 fully saturated rings. The molecule has 6 nitrogen and oxygen atoms in total. The monoisotopic (exact) mass is 469 g/mol. The fraction of sp³-hybridized carbons (Fsp3) is 0.458. The van der Waals surface area contributed by atoms with Crippen molar-refractivity contribution >= 4 is 39.2 Å². The second-order valence-electron chi connectivity index (χ2n) is 8.39. The number of carbonyl (C=O) groups is 1. The van der Waals surface area contributed by atoms with Crippen LogP contribution in [0, 0.1) is 0 Å². The van der Waals surface area contributed by atoms with Gasteiger partial charge in [0.1, 0.15) is 4.83 Å². The van der Waals surface area contributed by atoms with Crippen LogP contribution < -0.4 is 10.9 Å². The minimum Gasteiger partial charge on any atom is -0.376 e. The van der Waals surface area contributed by atoms with Crippen molar-refractivity contribution in [3.05, 3.63) is 56.7 Å². The minimum atomic E-state index is -0.0673. The van der Waals surface area contributed by atoms with Gasteiger partial charge in [0.05, 0.1) is 23.8 Å². The number of amides is 1. The molecule has 0 radical (unpaired) electrons. The Bertz CT molecular complexity index is 1170. The van der Waals surface area contributed by atoms with Gasteiger partial charge < -0.3 is 10.1 Å². The Morgan fingerprint density at radius 3 is 2.88 bits per heavy atom. The Kier molecular flexibility index (Phi) is 6.62. The lowest BCUT2D eigenvalue weighted by atomic mass is 9.97. The predicted molar refractivity (Wildman–Crippen MR) is 129 cm³/mol. The van der Waals surface area contributed by atoms with Gasteiger partial charge in [-0.15, -0.1) is 11.3 Å². The third-order valence-electron chi connectivity index (χ3n) is 6.11. The molecule has 0 saturated carbocycles. The number of rotatable bonds is 7. The number of aromatic nitrogens is 2. The Morgan fingerprint density at radius 2 is 2.06 bits per heavy atom. The number of carbonyl (C=O) groups excluding carboxylic acids is 1. The van der Waals surface area contributed by atoms with E-state index in [1.54, 1.807) is 15.9 Å². The highest BCUT2D eigenvalue weighted by atomic mass is 32.2. The summed E-state index contributed by atoms with van der Waals surface area (Å²) in [6.45, 7) is 1.74. The van der Waals surface area contributed by atoms with Crippen molar-refractivity contribution in [1.29, 1.82) is 0 Å². The number of fused-ring (bicyclic) bond motifs is 3. The maximum absolute atomic E-state index is 13.6. The number of nitrogens with one attached hydrogen (secondary N) is 1. The smallest absolute Gasteiger partial charge is 0.263 e. The molecular formula is C24H27N3O3S2. The standard InChI is InChI=1S/C24H27N3O3S2/c28-20(25-13-16-7-2-1-3-8-16)15-31-24-26-22-21(18-10-4-5-11-19(18)32-22)23(29)27(24)14-17-9-6-12-30-17/h1-3,7-8,17H,4-6,9-15H2,(H,25,28). The van der Waals surface area contributed by atoms with Crippen LogP contribution in [0.3, 0.4) is 0 Å². The molecule has 8 heteroatoms. The SMILES string of the molecule is O=C(CSc1nc2sc3c(c2c(=O)n1CC1CCCO1)CCCC3)NCc1ccccc1. The summed E-state index contributed by atoms with van der Waals surface area (Å²) < 4.78 is 7.57. The van der Waals surface area contributed by atoms with Gasteiger partial charge in [-0.2, -0.15) is 0 Å². The molecule has 32 heavy (non-hydrogen) atoms. The maximum Gasteiger partial charge on any atom is 0.263 e. The molecule has 168 valence electrons. The molecule has 3 heterocycles. The molecule has 2 aliphatic rings. The van der Waals surface area contributed by atoms with Gasteiger partial charge in [0.25, 0.3) is 5.56 Å². The number of thioether (sulfide) groups is 1. The fourth-order valence-electron chi connectivity index (χ4n) is 4.46. The largest absolute Gasteiger partial charge is 0.376 e. The fourth-order valence-corrected chi connectivity index (χ4v) is 6.60. The number of nitrogens with zero attached hydrogens (tertiary/aromatic N) is 2. The summed E-state index contributed by atoms with van der Waals surface area (Å²) in [5, 5.41) is 4.37. The van der Waals surface area contributed by atoms with Crippen LogP contribution in [-0.4, -0.2) is 33.9 Å². The van der Waals surface area contributed by atoms with E-state index in [-0.39, 0.29) is 23.3 Å². The topological polar surface area (TPSA) is 73.2 Å². The molecule has 1 aromatic carbocycles. The molecule has 0 bridgehead atoms. The van der Waals surface area contributed by atoms with Crippen LogP contribution in [0.15, 0.2) is 40.3 Å². The van der Waals surface area contributed by atoms with E-state index in [1.165, 1.54) is 28.6 Å². The molecule has 1 aliphatic carbocycles. The molecular weight excluding hydrogens is 442 g/mol. The van der Waals surface area contributed by atoms with Crippen LogP contribution in [0.1, 0.15) is 41.7 Å². The van der Waals surface area contributed by atoms with E-state index in [2.05, 4.69) is 5.32 Å². The second kappa shape index (κ2) is 9.77. The number of aryl methyl sites for hydroxylation is 2. The second-order valence-corrected chi connectivity index (χ2v) is 10.4. The van der Waals surface area contributed by atoms with E-state index in [4.69, 9.17) is 9.72 Å². The van der Waals surface area contributed by atoms with Crippen molar-refractivity contribution in [2.24, 2.45) is 0 Å². The van der Waals surface area contributed by atoms with E-state index in [9.17, 15) is 9.59 Å². The molecule has 5 rings (SSSR count). The van der Waals surface area contributed by atoms with E-state index < -0.39 is 0 Å². The summed E-state index contributed by atoms with van der Waals surface area (Å²) in [6.07, 6.45) is 6.30. The van der Waals surface area contributed by atoms with E-state index in [0.717, 1.165) is 54.5 Å². The summed E-state index contributed by atoms with van der Waals surface area (Å²) in [6, 6.07) is 9.85. The maximum atomic E-state index is 13.6. The summed E-state index contributed by atoms with van der Waals surface area (Å²) in [5.74, 6) is 0.156. The van der Waals surface area contributed by atoms with Gasteiger partial charge in [-0.05, 0) is 49.7 Å². The van der Waals surface area contributed by atoms with Crippen molar-refractivity contribution in [3.8, 4) is 0 Å². The lowest BCUT2D eigenvalue weighted by Gasteiger charge is -2.16. The first-order chi connectivity index (χ1) is 15.7. The molecule has 1 amide bonds. The third kappa shape index (κ3) is 4.63. The van der Waals surface area contributed by atoms with Gasteiger partial charge in [0.15, 0.2) is 5.16 Å². The van der Waals surface area contributed by atoms with Crippen LogP contribution in [0.4, 0.5) is 0 Å². The minimum absolute atomic E-state index is 0.0251. The number of hydrogen-bond donors (Lipinski definition) is 1. The molecule has 1 atom stereocenters. The molecule has 1 saturated heterocycles. The predicted octanol–water partition coefficient (Wildman–Crippen LogP) is 3.92. The zero-order chi connectivity index (χ0) is 21.9. The number of benzene rings is 1. The van der Waals surface area contributed by atoms with Crippen LogP contribution >= 0.6 is 23.1 Å². The summed E-state index contributed by atoms with van der Waals surface area (Å²) >= 11 is 2.99. The van der Waals surface area contributed by atoms with Gasteiger partial charge in [0, 0.05) is 18.0 Å². The molecule has 1 unspecified atom stereocenters. The van der Waals surface area contributed by atoms with E-state index in [0.29, 0.717) is 18.2 Å². The summed E-state index contributed by atoms with van der Waals surface area (Å²) in [4.78, 5) is 33.1. The highest BCUT2D eigenvalue weighted by molar-refractivity contribution is 7.99. The normalized spacial score (nSPS) is 18.1. The van der Waals surface area contributed by atoms with Crippen LogP contribution in [0.5, 0.6) is 0 Å². The first-order valence-electron chi connectivity index (χ1n) is 11.3. The third-order valence-corrected chi connectivity index (χ3v) is 8.28. The Labute approximate surface area is 195 Å². The van der Waals surface area contributed by atoms with Gasteiger partial charge in [-0.25, -0.2) is 4.98 Å². The number of ether oxygens (including phenoxy) is 1. The Balaban J connectivity index is 1.39. The number of thiophene rings is 1. The Hall–Kier alpha value is -2.16. The van der Waals surface area contributed by atoms with E-state index in [1.807, 2.05) is 30.3 Å².